The monoisotopic (exact) mass is 346 g/mol. The van der Waals surface area contributed by atoms with Gasteiger partial charge in [-0.2, -0.15) is 4.31 Å². The van der Waals surface area contributed by atoms with E-state index in [0.29, 0.717) is 5.69 Å². The fraction of sp³-hybridized carbons (Fsp3) is 0.278. The lowest BCUT2D eigenvalue weighted by molar-refractivity contribution is -0.116. The first-order chi connectivity index (χ1) is 11.3. The third-order valence-corrected chi connectivity index (χ3v) is 5.56. The van der Waals surface area contributed by atoms with Crippen LogP contribution in [0, 0.1) is 6.92 Å². The molecule has 0 radical (unpaired) electrons. The van der Waals surface area contributed by atoms with Crippen molar-refractivity contribution in [2.75, 3.05) is 18.9 Å². The molecule has 1 N–H and O–H groups in total. The first kappa shape index (κ1) is 18.2. The topological polar surface area (TPSA) is 66.5 Å². The van der Waals surface area contributed by atoms with Crippen LogP contribution in [0.2, 0.25) is 0 Å². The van der Waals surface area contributed by atoms with Crippen molar-refractivity contribution in [3.8, 4) is 0 Å². The number of carbonyl (C=O) groups is 1. The van der Waals surface area contributed by atoms with Crippen molar-refractivity contribution in [1.82, 2.24) is 4.31 Å². The van der Waals surface area contributed by atoms with Gasteiger partial charge in [0.2, 0.25) is 15.9 Å². The molecule has 0 aliphatic heterocycles. The number of amides is 1. The molecule has 6 heteroatoms. The van der Waals surface area contributed by atoms with Crippen LogP contribution < -0.4 is 5.32 Å². The normalized spacial score (nSPS) is 11.5. The molecule has 0 aliphatic rings. The van der Waals surface area contributed by atoms with E-state index in [0.717, 1.165) is 21.9 Å². The van der Waals surface area contributed by atoms with Gasteiger partial charge in [0.05, 0.1) is 11.4 Å². The summed E-state index contributed by atoms with van der Waals surface area (Å²) in [5.74, 6) is -0.380. The zero-order valence-corrected chi connectivity index (χ0v) is 14.9. The molecule has 0 aromatic heterocycles. The predicted octanol–water partition coefficient (Wildman–Crippen LogP) is 2.82. The molecule has 0 unspecified atom stereocenters. The zero-order chi connectivity index (χ0) is 17.7. The molecule has 2 rings (SSSR count). The Labute approximate surface area is 143 Å². The standard InChI is InChI=1S/C18H22N2O3S/c1-4-15-7-11-17(12-8-15)24(22,23)20(3)13-18(21)19-16-9-5-14(2)6-10-16/h5-12H,4,13H2,1-3H3,(H,19,21). The maximum Gasteiger partial charge on any atom is 0.243 e. The first-order valence-corrected chi connectivity index (χ1v) is 9.18. The van der Waals surface area contributed by atoms with Crippen molar-refractivity contribution in [2.45, 2.75) is 25.2 Å². The summed E-state index contributed by atoms with van der Waals surface area (Å²) in [4.78, 5) is 12.3. The van der Waals surface area contributed by atoms with Crippen molar-refractivity contribution in [2.24, 2.45) is 0 Å². The second kappa shape index (κ2) is 7.59. The number of hydrogen-bond donors (Lipinski definition) is 1. The average molecular weight is 346 g/mol. The van der Waals surface area contributed by atoms with Crippen molar-refractivity contribution >= 4 is 21.6 Å². The van der Waals surface area contributed by atoms with Gasteiger partial charge in [-0.3, -0.25) is 4.79 Å². The Morgan fingerprint density at radius 1 is 1.04 bits per heavy atom. The quantitative estimate of drug-likeness (QED) is 0.875. The lowest BCUT2D eigenvalue weighted by atomic mass is 10.2. The van der Waals surface area contributed by atoms with Gasteiger partial charge in [0.15, 0.2) is 0 Å². The van der Waals surface area contributed by atoms with E-state index in [2.05, 4.69) is 5.32 Å². The van der Waals surface area contributed by atoms with Gasteiger partial charge in [0.1, 0.15) is 0 Å². The summed E-state index contributed by atoms with van der Waals surface area (Å²) in [5.41, 5.74) is 2.79. The zero-order valence-electron chi connectivity index (χ0n) is 14.1. The molecule has 24 heavy (non-hydrogen) atoms. The van der Waals surface area contributed by atoms with E-state index < -0.39 is 10.0 Å². The van der Waals surface area contributed by atoms with Gasteiger partial charge in [0, 0.05) is 12.7 Å². The third kappa shape index (κ3) is 4.43. The van der Waals surface area contributed by atoms with Gasteiger partial charge in [-0.25, -0.2) is 8.42 Å². The average Bonchev–Trinajstić information content (AvgIpc) is 2.57. The van der Waals surface area contributed by atoms with Crippen LogP contribution in [0.3, 0.4) is 0 Å². The van der Waals surface area contributed by atoms with Gasteiger partial charge >= 0.3 is 0 Å². The molecule has 0 saturated heterocycles. The molecule has 2 aromatic rings. The Morgan fingerprint density at radius 2 is 1.62 bits per heavy atom. The van der Waals surface area contributed by atoms with Gasteiger partial charge < -0.3 is 5.32 Å². The molecule has 0 aliphatic carbocycles. The summed E-state index contributed by atoms with van der Waals surface area (Å²) in [5, 5.41) is 2.70. The van der Waals surface area contributed by atoms with E-state index in [1.54, 1.807) is 36.4 Å². The van der Waals surface area contributed by atoms with E-state index in [1.807, 2.05) is 26.0 Å². The number of likely N-dealkylation sites (N-methyl/N-ethyl adjacent to an activating group) is 1. The van der Waals surface area contributed by atoms with Gasteiger partial charge in [-0.05, 0) is 43.2 Å². The minimum atomic E-state index is -3.69. The molecule has 128 valence electrons. The Balaban J connectivity index is 2.05. The second-order valence-electron chi connectivity index (χ2n) is 5.67. The second-order valence-corrected chi connectivity index (χ2v) is 7.72. The number of anilines is 1. The maximum atomic E-state index is 12.5. The van der Waals surface area contributed by atoms with E-state index in [9.17, 15) is 13.2 Å². The van der Waals surface area contributed by atoms with Gasteiger partial charge in [-0.1, -0.05) is 36.8 Å². The predicted molar refractivity (Wildman–Crippen MR) is 95.4 cm³/mol. The number of hydrogen-bond acceptors (Lipinski definition) is 3. The number of nitrogens with zero attached hydrogens (tertiary/aromatic N) is 1. The molecule has 2 aromatic carbocycles. The summed E-state index contributed by atoms with van der Waals surface area (Å²) >= 11 is 0. The summed E-state index contributed by atoms with van der Waals surface area (Å²) in [6, 6.07) is 14.0. The van der Waals surface area contributed by atoms with Crippen LogP contribution in [0.5, 0.6) is 0 Å². The molecule has 1 amide bonds. The highest BCUT2D eigenvalue weighted by atomic mass is 32.2. The van der Waals surface area contributed by atoms with Gasteiger partial charge in [-0.15, -0.1) is 0 Å². The molecule has 0 fully saturated rings. The van der Waals surface area contributed by atoms with E-state index >= 15 is 0 Å². The van der Waals surface area contributed by atoms with Crippen molar-refractivity contribution < 1.29 is 13.2 Å². The minimum absolute atomic E-state index is 0.185. The highest BCUT2D eigenvalue weighted by Crippen LogP contribution is 2.16. The summed E-state index contributed by atoms with van der Waals surface area (Å²) in [6.45, 7) is 3.71. The first-order valence-electron chi connectivity index (χ1n) is 7.74. The fourth-order valence-corrected chi connectivity index (χ4v) is 3.33. The van der Waals surface area contributed by atoms with Crippen LogP contribution in [0.1, 0.15) is 18.1 Å². The molecule has 0 saturated carbocycles. The third-order valence-electron chi connectivity index (χ3n) is 3.74. The number of rotatable bonds is 6. The van der Waals surface area contributed by atoms with Gasteiger partial charge in [0.25, 0.3) is 0 Å². The molecule has 0 atom stereocenters. The van der Waals surface area contributed by atoms with Crippen LogP contribution in [0.15, 0.2) is 53.4 Å². The van der Waals surface area contributed by atoms with E-state index in [-0.39, 0.29) is 17.3 Å². The van der Waals surface area contributed by atoms with Crippen molar-refractivity contribution in [1.29, 1.82) is 0 Å². The Bertz CT molecular complexity index is 797. The van der Waals surface area contributed by atoms with Crippen LogP contribution in [-0.2, 0) is 21.2 Å². The lowest BCUT2D eigenvalue weighted by Gasteiger charge is -2.17. The molecule has 0 bridgehead atoms. The van der Waals surface area contributed by atoms with Crippen LogP contribution in [0.25, 0.3) is 0 Å². The summed E-state index contributed by atoms with van der Waals surface area (Å²) in [7, 11) is -2.28. The molecular weight excluding hydrogens is 324 g/mol. The van der Waals surface area contributed by atoms with Crippen LogP contribution in [-0.4, -0.2) is 32.2 Å². The Morgan fingerprint density at radius 3 is 2.17 bits per heavy atom. The molecular formula is C18H22N2O3S. The van der Waals surface area contributed by atoms with E-state index in [1.165, 1.54) is 7.05 Å². The summed E-state index contributed by atoms with van der Waals surface area (Å²) in [6.07, 6.45) is 0.842. The van der Waals surface area contributed by atoms with E-state index in [4.69, 9.17) is 0 Å². The smallest absolute Gasteiger partial charge is 0.243 e. The van der Waals surface area contributed by atoms with Crippen LogP contribution in [0.4, 0.5) is 5.69 Å². The summed E-state index contributed by atoms with van der Waals surface area (Å²) < 4.78 is 26.1. The fourth-order valence-electron chi connectivity index (χ4n) is 2.20. The largest absolute Gasteiger partial charge is 0.325 e. The van der Waals surface area contributed by atoms with Crippen LogP contribution >= 0.6 is 0 Å². The Kier molecular flexibility index (Phi) is 5.75. The highest BCUT2D eigenvalue weighted by molar-refractivity contribution is 7.89. The number of sulfonamides is 1. The number of aryl methyl sites for hydroxylation is 2. The Hall–Kier alpha value is -2.18. The van der Waals surface area contributed by atoms with Crippen molar-refractivity contribution in [3.63, 3.8) is 0 Å². The lowest BCUT2D eigenvalue weighted by Crippen LogP contribution is -2.34. The number of nitrogens with one attached hydrogen (secondary N) is 1. The molecule has 0 heterocycles. The molecule has 5 nitrogen and oxygen atoms in total. The minimum Gasteiger partial charge on any atom is -0.325 e. The number of carbonyl (C=O) groups excluding carboxylic acids is 1. The highest BCUT2D eigenvalue weighted by Gasteiger charge is 2.22. The number of benzene rings is 2. The molecule has 0 spiro atoms. The van der Waals surface area contributed by atoms with Crippen molar-refractivity contribution in [3.05, 3.63) is 59.7 Å². The SMILES string of the molecule is CCc1ccc(S(=O)(=O)N(C)CC(=O)Nc2ccc(C)cc2)cc1. The maximum absolute atomic E-state index is 12.5.